The molecule has 2 N–H and O–H groups in total. The molecule has 7 heteroatoms. The van der Waals surface area contributed by atoms with Crippen LogP contribution < -0.4 is 10.6 Å². The van der Waals surface area contributed by atoms with Crippen LogP contribution in [0.25, 0.3) is 0 Å². The molecule has 0 saturated heterocycles. The standard InChI is InChI=1S/C22H24N2O5/c1-14-6-4-9-19(15(14)2)24-21(27)13-29-22(28)11-10-20(26)23-18-8-5-7-17(12-18)16(3)25/h4-9,12H,10-11,13H2,1-3H3,(H,23,26)(H,24,27). The van der Waals surface area contributed by atoms with Crippen LogP contribution in [0.15, 0.2) is 42.5 Å². The van der Waals surface area contributed by atoms with Crippen molar-refractivity contribution in [3.63, 3.8) is 0 Å². The molecule has 152 valence electrons. The highest BCUT2D eigenvalue weighted by Gasteiger charge is 2.12. The van der Waals surface area contributed by atoms with Crippen molar-refractivity contribution >= 4 is 34.9 Å². The molecule has 2 rings (SSSR count). The summed E-state index contributed by atoms with van der Waals surface area (Å²) in [4.78, 5) is 47.1. The second-order valence-corrected chi connectivity index (χ2v) is 6.64. The minimum atomic E-state index is -0.645. The molecule has 2 aromatic rings. The number of ketones is 1. The number of benzene rings is 2. The summed E-state index contributed by atoms with van der Waals surface area (Å²) in [5, 5.41) is 5.32. The predicted octanol–water partition coefficient (Wildman–Crippen LogP) is 3.41. The second-order valence-electron chi connectivity index (χ2n) is 6.64. The van der Waals surface area contributed by atoms with Crippen molar-refractivity contribution in [1.82, 2.24) is 0 Å². The lowest BCUT2D eigenvalue weighted by Crippen LogP contribution is -2.22. The Balaban J connectivity index is 1.74. The van der Waals surface area contributed by atoms with Crippen molar-refractivity contribution in [3.05, 3.63) is 59.2 Å². The van der Waals surface area contributed by atoms with Gasteiger partial charge in [-0.25, -0.2) is 0 Å². The van der Waals surface area contributed by atoms with Crippen molar-refractivity contribution in [1.29, 1.82) is 0 Å². The molecule has 0 spiro atoms. The summed E-state index contributed by atoms with van der Waals surface area (Å²) in [6, 6.07) is 12.1. The van der Waals surface area contributed by atoms with E-state index in [1.807, 2.05) is 26.0 Å². The number of nitrogens with one attached hydrogen (secondary N) is 2. The average molecular weight is 396 g/mol. The van der Waals surface area contributed by atoms with E-state index in [-0.39, 0.29) is 24.5 Å². The molecule has 0 fully saturated rings. The number of anilines is 2. The molecular formula is C22H24N2O5. The predicted molar refractivity (Wildman–Crippen MR) is 110 cm³/mol. The highest BCUT2D eigenvalue weighted by molar-refractivity contribution is 5.97. The monoisotopic (exact) mass is 396 g/mol. The molecule has 0 radical (unpaired) electrons. The number of carbonyl (C=O) groups is 4. The van der Waals surface area contributed by atoms with E-state index in [4.69, 9.17) is 4.74 Å². The first kappa shape index (κ1) is 21.8. The maximum atomic E-state index is 12.0. The average Bonchev–Trinajstić information content (AvgIpc) is 2.68. The normalized spacial score (nSPS) is 10.2. The van der Waals surface area contributed by atoms with E-state index < -0.39 is 18.5 Å². The van der Waals surface area contributed by atoms with E-state index >= 15 is 0 Å². The van der Waals surface area contributed by atoms with Gasteiger partial charge in [0.15, 0.2) is 12.4 Å². The van der Waals surface area contributed by atoms with Crippen molar-refractivity contribution in [2.45, 2.75) is 33.6 Å². The Morgan fingerprint density at radius 1 is 0.897 bits per heavy atom. The third-order valence-electron chi connectivity index (χ3n) is 4.35. The van der Waals surface area contributed by atoms with Crippen LogP contribution in [-0.2, 0) is 19.1 Å². The smallest absolute Gasteiger partial charge is 0.306 e. The first-order valence-electron chi connectivity index (χ1n) is 9.19. The maximum absolute atomic E-state index is 12.0. The molecule has 0 atom stereocenters. The first-order chi connectivity index (χ1) is 13.8. The Morgan fingerprint density at radius 3 is 2.34 bits per heavy atom. The Labute approximate surface area is 169 Å². The van der Waals surface area contributed by atoms with Crippen LogP contribution in [0, 0.1) is 13.8 Å². The largest absolute Gasteiger partial charge is 0.456 e. The van der Waals surface area contributed by atoms with Gasteiger partial charge in [0.2, 0.25) is 5.91 Å². The molecule has 0 saturated carbocycles. The van der Waals surface area contributed by atoms with Crippen LogP contribution in [-0.4, -0.2) is 30.2 Å². The SMILES string of the molecule is CC(=O)c1cccc(NC(=O)CCC(=O)OCC(=O)Nc2cccc(C)c2C)c1. The summed E-state index contributed by atoms with van der Waals surface area (Å²) in [7, 11) is 0. The lowest BCUT2D eigenvalue weighted by Gasteiger charge is -2.10. The Hall–Kier alpha value is -3.48. The number of rotatable bonds is 8. The van der Waals surface area contributed by atoms with Gasteiger partial charge in [-0.05, 0) is 50.1 Å². The van der Waals surface area contributed by atoms with Crippen LogP contribution >= 0.6 is 0 Å². The number of amides is 2. The zero-order chi connectivity index (χ0) is 21.4. The van der Waals surface area contributed by atoms with Gasteiger partial charge in [0, 0.05) is 23.4 Å². The highest BCUT2D eigenvalue weighted by atomic mass is 16.5. The summed E-state index contributed by atoms with van der Waals surface area (Å²) < 4.78 is 4.92. The van der Waals surface area contributed by atoms with Crippen LogP contribution in [0.2, 0.25) is 0 Å². The molecule has 0 aliphatic rings. The minimum absolute atomic E-state index is 0.0955. The Bertz CT molecular complexity index is 937. The number of esters is 1. The topological polar surface area (TPSA) is 102 Å². The third-order valence-corrected chi connectivity index (χ3v) is 4.35. The molecule has 0 aliphatic carbocycles. The number of aryl methyl sites for hydroxylation is 1. The van der Waals surface area contributed by atoms with Crippen LogP contribution in [0.3, 0.4) is 0 Å². The number of hydrogen-bond acceptors (Lipinski definition) is 5. The Kier molecular flexibility index (Phi) is 7.65. The molecule has 7 nitrogen and oxygen atoms in total. The number of Topliss-reactive ketones (excluding diaryl/α,β-unsaturated/α-hetero) is 1. The zero-order valence-electron chi connectivity index (χ0n) is 16.7. The van der Waals surface area contributed by atoms with E-state index in [0.29, 0.717) is 16.9 Å². The van der Waals surface area contributed by atoms with E-state index in [1.54, 1.807) is 30.3 Å². The highest BCUT2D eigenvalue weighted by Crippen LogP contribution is 2.17. The van der Waals surface area contributed by atoms with Crippen LogP contribution in [0.4, 0.5) is 11.4 Å². The lowest BCUT2D eigenvalue weighted by atomic mass is 10.1. The summed E-state index contributed by atoms with van der Waals surface area (Å²) >= 11 is 0. The van der Waals surface area contributed by atoms with Gasteiger partial charge in [-0.2, -0.15) is 0 Å². The fraction of sp³-hybridized carbons (Fsp3) is 0.273. The van der Waals surface area contributed by atoms with Gasteiger partial charge < -0.3 is 15.4 Å². The van der Waals surface area contributed by atoms with Gasteiger partial charge in [-0.15, -0.1) is 0 Å². The van der Waals surface area contributed by atoms with Crippen molar-refractivity contribution in [3.8, 4) is 0 Å². The second kappa shape index (κ2) is 10.2. The number of ether oxygens (including phenoxy) is 1. The van der Waals surface area contributed by atoms with Gasteiger partial charge in [0.25, 0.3) is 5.91 Å². The van der Waals surface area contributed by atoms with E-state index in [0.717, 1.165) is 11.1 Å². The number of hydrogen-bond donors (Lipinski definition) is 2. The summed E-state index contributed by atoms with van der Waals surface area (Å²) in [5.41, 5.74) is 3.61. The molecule has 0 aromatic heterocycles. The molecular weight excluding hydrogens is 372 g/mol. The summed E-state index contributed by atoms with van der Waals surface area (Å²) in [5.74, 6) is -1.59. The van der Waals surface area contributed by atoms with Gasteiger partial charge in [-0.1, -0.05) is 24.3 Å². The lowest BCUT2D eigenvalue weighted by molar-refractivity contribution is -0.147. The molecule has 0 bridgehead atoms. The summed E-state index contributed by atoms with van der Waals surface area (Å²) in [6.45, 7) is 4.84. The van der Waals surface area contributed by atoms with Crippen molar-refractivity contribution in [2.75, 3.05) is 17.2 Å². The zero-order valence-corrected chi connectivity index (χ0v) is 16.7. The minimum Gasteiger partial charge on any atom is -0.456 e. The van der Waals surface area contributed by atoms with Crippen molar-refractivity contribution < 1.29 is 23.9 Å². The molecule has 2 aromatic carbocycles. The molecule has 2 amide bonds. The van der Waals surface area contributed by atoms with Crippen molar-refractivity contribution in [2.24, 2.45) is 0 Å². The van der Waals surface area contributed by atoms with Gasteiger partial charge in [0.1, 0.15) is 0 Å². The van der Waals surface area contributed by atoms with Gasteiger partial charge in [-0.3, -0.25) is 19.2 Å². The Morgan fingerprint density at radius 2 is 1.62 bits per heavy atom. The van der Waals surface area contributed by atoms with E-state index in [1.165, 1.54) is 6.92 Å². The van der Waals surface area contributed by atoms with Crippen LogP contribution in [0.5, 0.6) is 0 Å². The number of carbonyl (C=O) groups excluding carboxylic acids is 4. The molecule has 29 heavy (non-hydrogen) atoms. The third kappa shape index (κ3) is 6.88. The first-order valence-corrected chi connectivity index (χ1v) is 9.19. The quantitative estimate of drug-likeness (QED) is 0.526. The molecule has 0 aliphatic heterocycles. The van der Waals surface area contributed by atoms with Crippen LogP contribution in [0.1, 0.15) is 41.3 Å². The fourth-order valence-electron chi connectivity index (χ4n) is 2.55. The summed E-state index contributed by atoms with van der Waals surface area (Å²) in [6.07, 6.45) is -0.253. The fourth-order valence-corrected chi connectivity index (χ4v) is 2.55. The molecule has 0 unspecified atom stereocenters. The van der Waals surface area contributed by atoms with E-state index in [9.17, 15) is 19.2 Å². The molecule has 0 heterocycles. The van der Waals surface area contributed by atoms with Gasteiger partial charge in [0.05, 0.1) is 6.42 Å². The van der Waals surface area contributed by atoms with E-state index in [2.05, 4.69) is 10.6 Å². The van der Waals surface area contributed by atoms with Gasteiger partial charge >= 0.3 is 5.97 Å². The maximum Gasteiger partial charge on any atom is 0.306 e.